The fourth-order valence-corrected chi connectivity index (χ4v) is 4.45. The fraction of sp³-hybridized carbons (Fsp3) is 0.105. The first-order valence-corrected chi connectivity index (χ1v) is 13.6. The predicted octanol–water partition coefficient (Wildman–Crippen LogP) is 11.0. The van der Waals surface area contributed by atoms with Gasteiger partial charge in [-0.1, -0.05) is 134 Å². The maximum Gasteiger partial charge on any atom is 0.0384 e. The Labute approximate surface area is 234 Å². The molecule has 0 heterocycles. The van der Waals surface area contributed by atoms with E-state index in [1.54, 1.807) is 0 Å². The first kappa shape index (κ1) is 27.4. The molecule has 0 aromatic heterocycles. The molecule has 0 radical (unpaired) electrons. The lowest BCUT2D eigenvalue weighted by atomic mass is 9.97. The van der Waals surface area contributed by atoms with E-state index in [4.69, 9.17) is 0 Å². The van der Waals surface area contributed by atoms with Gasteiger partial charge >= 0.3 is 0 Å². The van der Waals surface area contributed by atoms with Gasteiger partial charge in [0, 0.05) is 11.4 Å². The molecule has 4 aromatic rings. The second kappa shape index (κ2) is 14.4. The zero-order chi connectivity index (χ0) is 27.3. The Balaban J connectivity index is 0.000000229. The van der Waals surface area contributed by atoms with Crippen LogP contribution >= 0.6 is 0 Å². The van der Waals surface area contributed by atoms with Gasteiger partial charge in [0.1, 0.15) is 0 Å². The van der Waals surface area contributed by atoms with E-state index in [2.05, 4.69) is 128 Å². The number of nitrogens with one attached hydrogen (secondary N) is 1. The third-order valence-electron chi connectivity index (χ3n) is 6.58. The maximum atomic E-state index is 3.70. The van der Waals surface area contributed by atoms with Crippen molar-refractivity contribution in [3.8, 4) is 11.1 Å². The molecule has 5 rings (SSSR count). The van der Waals surface area contributed by atoms with Gasteiger partial charge in [-0.05, 0) is 84.4 Å². The summed E-state index contributed by atoms with van der Waals surface area (Å²) in [6.07, 6.45) is 16.8. The van der Waals surface area contributed by atoms with Gasteiger partial charge in [-0.25, -0.2) is 0 Å². The molecule has 39 heavy (non-hydrogen) atoms. The smallest absolute Gasteiger partial charge is 0.0384 e. The van der Waals surface area contributed by atoms with Crippen molar-refractivity contribution < 1.29 is 0 Å². The lowest BCUT2D eigenvalue weighted by Gasteiger charge is -2.11. The summed E-state index contributed by atoms with van der Waals surface area (Å²) >= 11 is 0. The first-order valence-electron chi connectivity index (χ1n) is 13.6. The Bertz CT molecular complexity index is 1450. The van der Waals surface area contributed by atoms with Crippen molar-refractivity contribution in [2.24, 2.45) is 0 Å². The van der Waals surface area contributed by atoms with Crippen LogP contribution in [0.5, 0.6) is 0 Å². The summed E-state index contributed by atoms with van der Waals surface area (Å²) in [5, 5.41) is 3.49. The van der Waals surface area contributed by atoms with Crippen LogP contribution in [-0.2, 0) is 0 Å². The van der Waals surface area contributed by atoms with Crippen molar-refractivity contribution >= 4 is 22.5 Å². The summed E-state index contributed by atoms with van der Waals surface area (Å²) < 4.78 is 0. The van der Waals surface area contributed by atoms with Crippen LogP contribution in [0.1, 0.15) is 36.5 Å². The SMILES string of the molecule is C=C/C=C(\C=C/C)c1ccccc1.Cc1ccc(-c2ccc(Nc3ccc(C4=CC=CCC4)cc3)cc2)cc1. The molecular formula is C38H37N. The van der Waals surface area contributed by atoms with Crippen molar-refractivity contribution in [2.75, 3.05) is 5.32 Å². The third kappa shape index (κ3) is 8.18. The van der Waals surface area contributed by atoms with Crippen LogP contribution in [0.3, 0.4) is 0 Å². The van der Waals surface area contributed by atoms with Crippen LogP contribution in [0, 0.1) is 6.92 Å². The highest BCUT2D eigenvalue weighted by molar-refractivity contribution is 5.75. The van der Waals surface area contributed by atoms with Crippen LogP contribution in [0.4, 0.5) is 11.4 Å². The summed E-state index contributed by atoms with van der Waals surface area (Å²) in [6, 6.07) is 36.3. The molecule has 194 valence electrons. The van der Waals surface area contributed by atoms with Gasteiger partial charge in [0.25, 0.3) is 0 Å². The van der Waals surface area contributed by atoms with E-state index in [1.165, 1.54) is 39.0 Å². The Morgan fingerprint density at radius 2 is 1.33 bits per heavy atom. The van der Waals surface area contributed by atoms with Gasteiger partial charge < -0.3 is 5.32 Å². The molecule has 1 aliphatic rings. The number of hydrogen-bond donors (Lipinski definition) is 1. The van der Waals surface area contributed by atoms with Crippen molar-refractivity contribution in [2.45, 2.75) is 26.7 Å². The van der Waals surface area contributed by atoms with E-state index in [-0.39, 0.29) is 0 Å². The van der Waals surface area contributed by atoms with E-state index in [0.29, 0.717) is 0 Å². The summed E-state index contributed by atoms with van der Waals surface area (Å²) in [7, 11) is 0. The molecule has 1 heteroatoms. The largest absolute Gasteiger partial charge is 0.356 e. The number of anilines is 2. The Morgan fingerprint density at radius 3 is 1.87 bits per heavy atom. The van der Waals surface area contributed by atoms with E-state index < -0.39 is 0 Å². The standard InChI is InChI=1S/C25H23N.C13H14/c1-19-7-9-21(10-8-19)23-13-17-25(18-14-23)26-24-15-11-22(12-16-24)20-5-3-2-4-6-20;1-3-8-12(9-4-2)13-10-6-5-7-11-13/h2-3,5,7-18,26H,4,6H2,1H3;3-11H,1H2,2H3/b;9-4-,12-8+. The van der Waals surface area contributed by atoms with Crippen molar-refractivity contribution in [1.29, 1.82) is 0 Å². The maximum absolute atomic E-state index is 3.70. The van der Waals surface area contributed by atoms with E-state index in [1.807, 2.05) is 43.4 Å². The van der Waals surface area contributed by atoms with E-state index >= 15 is 0 Å². The van der Waals surface area contributed by atoms with Gasteiger partial charge in [-0.2, -0.15) is 0 Å². The topological polar surface area (TPSA) is 12.0 Å². The highest BCUT2D eigenvalue weighted by Crippen LogP contribution is 2.27. The van der Waals surface area contributed by atoms with Gasteiger partial charge in [0.05, 0.1) is 0 Å². The zero-order valence-electron chi connectivity index (χ0n) is 23.0. The highest BCUT2D eigenvalue weighted by atomic mass is 14.9. The highest BCUT2D eigenvalue weighted by Gasteiger charge is 2.04. The van der Waals surface area contributed by atoms with Crippen LogP contribution in [-0.4, -0.2) is 0 Å². The lowest BCUT2D eigenvalue weighted by Crippen LogP contribution is -1.92. The molecule has 0 aliphatic heterocycles. The number of benzene rings is 4. The first-order chi connectivity index (χ1) is 19.2. The summed E-state index contributed by atoms with van der Waals surface area (Å²) in [5.41, 5.74) is 11.1. The van der Waals surface area contributed by atoms with Gasteiger partial charge in [0.2, 0.25) is 0 Å². The molecule has 0 saturated carbocycles. The molecule has 0 amide bonds. The number of hydrogen-bond acceptors (Lipinski definition) is 1. The summed E-state index contributed by atoms with van der Waals surface area (Å²) in [5.74, 6) is 0. The van der Waals surface area contributed by atoms with Crippen molar-refractivity contribution in [3.05, 3.63) is 169 Å². The van der Waals surface area contributed by atoms with Crippen LogP contribution < -0.4 is 5.32 Å². The molecule has 0 fully saturated rings. The quantitative estimate of drug-likeness (QED) is 0.245. The molecular weight excluding hydrogens is 470 g/mol. The molecule has 0 unspecified atom stereocenters. The van der Waals surface area contributed by atoms with E-state index in [0.717, 1.165) is 24.2 Å². The van der Waals surface area contributed by atoms with E-state index in [9.17, 15) is 0 Å². The number of aryl methyl sites for hydroxylation is 1. The molecule has 1 nitrogen and oxygen atoms in total. The molecule has 1 aliphatic carbocycles. The molecule has 0 spiro atoms. The van der Waals surface area contributed by atoms with Crippen LogP contribution in [0.15, 0.2) is 152 Å². The van der Waals surface area contributed by atoms with Crippen LogP contribution in [0.2, 0.25) is 0 Å². The summed E-state index contributed by atoms with van der Waals surface area (Å²) in [4.78, 5) is 0. The number of allylic oxidation sites excluding steroid dienone is 9. The Hall–Kier alpha value is -4.62. The predicted molar refractivity (Wildman–Crippen MR) is 172 cm³/mol. The minimum Gasteiger partial charge on any atom is -0.356 e. The third-order valence-corrected chi connectivity index (χ3v) is 6.58. The Morgan fingerprint density at radius 1 is 0.744 bits per heavy atom. The molecule has 0 saturated heterocycles. The fourth-order valence-electron chi connectivity index (χ4n) is 4.45. The van der Waals surface area contributed by atoms with Gasteiger partial charge in [-0.15, -0.1) is 0 Å². The number of rotatable bonds is 7. The average Bonchev–Trinajstić information content (AvgIpc) is 3.00. The van der Waals surface area contributed by atoms with Crippen molar-refractivity contribution in [1.82, 2.24) is 0 Å². The molecule has 1 N–H and O–H groups in total. The zero-order valence-corrected chi connectivity index (χ0v) is 23.0. The lowest BCUT2D eigenvalue weighted by molar-refractivity contribution is 1.05. The summed E-state index contributed by atoms with van der Waals surface area (Å²) in [6.45, 7) is 7.83. The van der Waals surface area contributed by atoms with Crippen molar-refractivity contribution in [3.63, 3.8) is 0 Å². The minimum atomic E-state index is 1.11. The Kier molecular flexibility index (Phi) is 10.1. The second-order valence-corrected chi connectivity index (χ2v) is 9.53. The monoisotopic (exact) mass is 507 g/mol. The second-order valence-electron chi connectivity index (χ2n) is 9.53. The molecule has 0 atom stereocenters. The molecule has 4 aromatic carbocycles. The molecule has 0 bridgehead atoms. The van der Waals surface area contributed by atoms with Gasteiger partial charge in [0.15, 0.2) is 0 Å². The minimum absolute atomic E-state index is 1.11. The van der Waals surface area contributed by atoms with Gasteiger partial charge in [-0.3, -0.25) is 0 Å². The normalized spacial score (nSPS) is 12.9. The average molecular weight is 508 g/mol. The van der Waals surface area contributed by atoms with Crippen LogP contribution in [0.25, 0.3) is 22.3 Å².